The van der Waals surface area contributed by atoms with Crippen molar-refractivity contribution in [2.24, 2.45) is 0 Å². The molecular formula is C20H23BrN4OSi. The van der Waals surface area contributed by atoms with Crippen molar-refractivity contribution in [2.45, 2.75) is 32.4 Å². The Hall–Kier alpha value is -1.96. The van der Waals surface area contributed by atoms with E-state index in [9.17, 15) is 0 Å². The number of aromatic nitrogens is 4. The number of hydrogen-bond acceptors (Lipinski definition) is 3. The van der Waals surface area contributed by atoms with Gasteiger partial charge < -0.3 is 9.30 Å². The third-order valence-corrected chi connectivity index (χ3v) is 6.97. The first-order chi connectivity index (χ1) is 12.9. The molecule has 3 aromatic heterocycles. The summed E-state index contributed by atoms with van der Waals surface area (Å²) in [5.41, 5.74) is 5.38. The summed E-state index contributed by atoms with van der Waals surface area (Å²) in [7, 11) is -1.07. The van der Waals surface area contributed by atoms with E-state index in [0.29, 0.717) is 6.73 Å². The van der Waals surface area contributed by atoms with Crippen LogP contribution in [-0.2, 0) is 11.5 Å². The summed E-state index contributed by atoms with van der Waals surface area (Å²) in [6.45, 7) is 8.44. The molecule has 5 nitrogen and oxygen atoms in total. The maximum Gasteiger partial charge on any atom is 0.124 e. The van der Waals surface area contributed by atoms with Gasteiger partial charge in [0.1, 0.15) is 6.73 Å². The van der Waals surface area contributed by atoms with Crippen LogP contribution in [0.3, 0.4) is 0 Å². The van der Waals surface area contributed by atoms with Crippen molar-refractivity contribution in [2.75, 3.05) is 6.61 Å². The van der Waals surface area contributed by atoms with Gasteiger partial charge in [0, 0.05) is 26.4 Å². The van der Waals surface area contributed by atoms with Crippen LogP contribution in [-0.4, -0.2) is 33.8 Å². The molecule has 3 heterocycles. The maximum atomic E-state index is 5.91. The van der Waals surface area contributed by atoms with E-state index in [2.05, 4.69) is 80.6 Å². The number of benzene rings is 1. The van der Waals surface area contributed by atoms with Crippen LogP contribution < -0.4 is 0 Å². The number of imidazole rings is 1. The van der Waals surface area contributed by atoms with Crippen LogP contribution in [0.4, 0.5) is 0 Å². The first-order valence-corrected chi connectivity index (χ1v) is 13.6. The average Bonchev–Trinajstić information content (AvgIpc) is 3.21. The molecule has 1 aromatic carbocycles. The molecule has 0 atom stereocenters. The predicted molar refractivity (Wildman–Crippen MR) is 116 cm³/mol. The van der Waals surface area contributed by atoms with Crippen LogP contribution in [0.15, 0.2) is 53.5 Å². The SMILES string of the molecule is C[Si](C)(C)CCOCn1cnc2ccc(-c3ccc4c(Br)cnn4c3)cc21. The van der Waals surface area contributed by atoms with Gasteiger partial charge in [-0.3, -0.25) is 0 Å². The van der Waals surface area contributed by atoms with Gasteiger partial charge in [0.2, 0.25) is 0 Å². The number of fused-ring (bicyclic) bond motifs is 2. The Morgan fingerprint density at radius 3 is 2.70 bits per heavy atom. The van der Waals surface area contributed by atoms with Gasteiger partial charge in [-0.1, -0.05) is 31.8 Å². The lowest BCUT2D eigenvalue weighted by Crippen LogP contribution is -2.21. The quantitative estimate of drug-likeness (QED) is 0.295. The molecule has 0 bridgehead atoms. The summed E-state index contributed by atoms with van der Waals surface area (Å²) in [6.07, 6.45) is 5.72. The second-order valence-electron chi connectivity index (χ2n) is 8.01. The lowest BCUT2D eigenvalue weighted by molar-refractivity contribution is 0.0898. The highest BCUT2D eigenvalue weighted by Crippen LogP contribution is 2.26. The van der Waals surface area contributed by atoms with E-state index in [0.717, 1.165) is 38.8 Å². The molecule has 27 heavy (non-hydrogen) atoms. The van der Waals surface area contributed by atoms with Crippen LogP contribution in [0, 0.1) is 0 Å². The topological polar surface area (TPSA) is 44.3 Å². The summed E-state index contributed by atoms with van der Waals surface area (Å²) in [5, 5.41) is 4.38. The highest BCUT2D eigenvalue weighted by molar-refractivity contribution is 9.10. The van der Waals surface area contributed by atoms with Gasteiger partial charge in [0.15, 0.2) is 0 Å². The molecule has 0 spiro atoms. The highest BCUT2D eigenvalue weighted by Gasteiger charge is 2.12. The number of ether oxygens (including phenoxy) is 1. The summed E-state index contributed by atoms with van der Waals surface area (Å²) in [4.78, 5) is 4.50. The first-order valence-electron chi connectivity index (χ1n) is 9.07. The molecule has 0 fully saturated rings. The zero-order valence-electron chi connectivity index (χ0n) is 15.8. The Bertz CT molecular complexity index is 1100. The molecule has 0 saturated heterocycles. The van der Waals surface area contributed by atoms with Crippen molar-refractivity contribution in [1.29, 1.82) is 0 Å². The zero-order valence-corrected chi connectivity index (χ0v) is 18.4. The van der Waals surface area contributed by atoms with Gasteiger partial charge in [-0.25, -0.2) is 9.50 Å². The molecule has 4 rings (SSSR count). The Labute approximate surface area is 168 Å². The Morgan fingerprint density at radius 2 is 1.89 bits per heavy atom. The fourth-order valence-electron chi connectivity index (χ4n) is 3.00. The van der Waals surface area contributed by atoms with Gasteiger partial charge >= 0.3 is 0 Å². The van der Waals surface area contributed by atoms with Crippen LogP contribution in [0.2, 0.25) is 25.7 Å². The second-order valence-corrected chi connectivity index (χ2v) is 14.5. The summed E-state index contributed by atoms with van der Waals surface area (Å²) < 4.78 is 10.9. The number of halogens is 1. The summed E-state index contributed by atoms with van der Waals surface area (Å²) >= 11 is 3.52. The molecule has 0 aliphatic carbocycles. The molecule has 0 N–H and O–H groups in total. The number of pyridine rings is 1. The van der Waals surface area contributed by atoms with E-state index in [-0.39, 0.29) is 0 Å². The van der Waals surface area contributed by atoms with E-state index in [4.69, 9.17) is 4.74 Å². The molecule has 0 unspecified atom stereocenters. The Morgan fingerprint density at radius 1 is 1.07 bits per heavy atom. The second kappa shape index (κ2) is 7.22. The van der Waals surface area contributed by atoms with Crippen molar-refractivity contribution in [3.05, 3.63) is 53.5 Å². The van der Waals surface area contributed by atoms with E-state index >= 15 is 0 Å². The maximum absolute atomic E-state index is 5.91. The molecule has 0 aliphatic rings. The van der Waals surface area contributed by atoms with Crippen LogP contribution in [0.5, 0.6) is 0 Å². The minimum atomic E-state index is -1.07. The van der Waals surface area contributed by atoms with E-state index in [1.54, 1.807) is 0 Å². The predicted octanol–water partition coefficient (Wildman–Crippen LogP) is 5.43. The molecule has 0 amide bonds. The number of rotatable bonds is 6. The van der Waals surface area contributed by atoms with Gasteiger partial charge in [-0.15, -0.1) is 0 Å². The Balaban J connectivity index is 1.59. The van der Waals surface area contributed by atoms with Crippen molar-refractivity contribution in [3.8, 4) is 11.1 Å². The normalized spacial score (nSPS) is 12.3. The monoisotopic (exact) mass is 442 g/mol. The van der Waals surface area contributed by atoms with Crippen molar-refractivity contribution >= 4 is 40.6 Å². The van der Waals surface area contributed by atoms with Gasteiger partial charge in [-0.05, 0) is 45.7 Å². The molecule has 0 aliphatic heterocycles. The molecule has 0 radical (unpaired) electrons. The highest BCUT2D eigenvalue weighted by atomic mass is 79.9. The largest absolute Gasteiger partial charge is 0.361 e. The molecular weight excluding hydrogens is 420 g/mol. The first kappa shape index (κ1) is 18.4. The molecule has 0 saturated carbocycles. The van der Waals surface area contributed by atoms with E-state index in [1.165, 1.54) is 6.04 Å². The minimum Gasteiger partial charge on any atom is -0.361 e. The Kier molecular flexibility index (Phi) is 4.92. The van der Waals surface area contributed by atoms with Gasteiger partial charge in [0.25, 0.3) is 0 Å². The average molecular weight is 443 g/mol. The smallest absolute Gasteiger partial charge is 0.124 e. The van der Waals surface area contributed by atoms with Crippen molar-refractivity contribution in [3.63, 3.8) is 0 Å². The summed E-state index contributed by atoms with van der Waals surface area (Å²) in [5.74, 6) is 0. The molecule has 7 heteroatoms. The van der Waals surface area contributed by atoms with Gasteiger partial charge in [0.05, 0.1) is 33.5 Å². The molecule has 140 valence electrons. The fraction of sp³-hybridized carbons (Fsp3) is 0.300. The van der Waals surface area contributed by atoms with E-state index in [1.807, 2.05) is 23.2 Å². The van der Waals surface area contributed by atoms with E-state index < -0.39 is 8.07 Å². The lowest BCUT2D eigenvalue weighted by atomic mass is 10.1. The zero-order chi connectivity index (χ0) is 19.0. The van der Waals surface area contributed by atoms with Gasteiger partial charge in [-0.2, -0.15) is 5.10 Å². The summed E-state index contributed by atoms with van der Waals surface area (Å²) in [6, 6.07) is 11.7. The van der Waals surface area contributed by atoms with Crippen LogP contribution in [0.1, 0.15) is 0 Å². The van der Waals surface area contributed by atoms with Crippen molar-refractivity contribution in [1.82, 2.24) is 19.2 Å². The third-order valence-electron chi connectivity index (χ3n) is 4.65. The van der Waals surface area contributed by atoms with Crippen LogP contribution >= 0.6 is 15.9 Å². The lowest BCUT2D eigenvalue weighted by Gasteiger charge is -2.15. The number of hydrogen-bond donors (Lipinski definition) is 0. The standard InChI is InChI=1S/C20H23BrN4OSi/c1-27(2,3)9-8-26-14-24-13-22-18-6-4-15(10-20(18)24)16-5-7-19-17(21)11-23-25(19)12-16/h4-7,10-13H,8-9,14H2,1-3H3. The number of nitrogens with zero attached hydrogens (tertiary/aromatic N) is 4. The fourth-order valence-corrected chi connectivity index (χ4v) is 4.17. The molecule has 4 aromatic rings. The van der Waals surface area contributed by atoms with Crippen LogP contribution in [0.25, 0.3) is 27.7 Å². The minimum absolute atomic E-state index is 0.537. The third kappa shape index (κ3) is 4.00. The van der Waals surface area contributed by atoms with Crippen molar-refractivity contribution < 1.29 is 4.74 Å².